The molecule has 0 aliphatic rings. The van der Waals surface area contributed by atoms with Crippen molar-refractivity contribution in [2.75, 3.05) is 7.11 Å². The van der Waals surface area contributed by atoms with Gasteiger partial charge in [0, 0.05) is 25.3 Å². The fourth-order valence-corrected chi connectivity index (χ4v) is 2.81. The van der Waals surface area contributed by atoms with Gasteiger partial charge in [0.25, 0.3) is 17.1 Å². The van der Waals surface area contributed by atoms with E-state index in [1.165, 1.54) is 31.4 Å². The predicted octanol–water partition coefficient (Wildman–Crippen LogP) is 4.32. The Hall–Kier alpha value is -2.10. The number of hydrogen-bond donors (Lipinski definition) is 0. The van der Waals surface area contributed by atoms with Gasteiger partial charge in [0.05, 0.1) is 34.0 Å². The van der Waals surface area contributed by atoms with Gasteiger partial charge in [-0.05, 0) is 51.2 Å². The van der Waals surface area contributed by atoms with Gasteiger partial charge in [-0.1, -0.05) is 0 Å². The summed E-state index contributed by atoms with van der Waals surface area (Å²) in [7, 11) is 1.48. The first-order valence-corrected chi connectivity index (χ1v) is 8.38. The number of halogens is 2. The minimum Gasteiger partial charge on any atom is -0.496 e. The number of benzene rings is 2. The highest BCUT2D eigenvalue weighted by Crippen LogP contribution is 2.24. The van der Waals surface area contributed by atoms with E-state index in [-0.39, 0.29) is 17.1 Å². The Kier molecular flexibility index (Phi) is 7.88. The summed E-state index contributed by atoms with van der Waals surface area (Å²) in [6.45, 7) is 0. The fourth-order valence-electron chi connectivity index (χ4n) is 1.54. The third-order valence-corrected chi connectivity index (χ3v) is 3.84. The van der Waals surface area contributed by atoms with Crippen molar-refractivity contribution >= 4 is 62.2 Å². The maximum absolute atomic E-state index is 10.4. The normalized spacial score (nSPS) is 9.56. The zero-order valence-corrected chi connectivity index (χ0v) is 16.7. The van der Waals surface area contributed by atoms with E-state index in [4.69, 9.17) is 4.74 Å². The topological polar surface area (TPSA) is 139 Å². The third kappa shape index (κ3) is 6.73. The fraction of sp³-hybridized carbons (Fsp3) is 0.0769. The maximum atomic E-state index is 10.4. The molecule has 0 heterocycles. The van der Waals surface area contributed by atoms with Crippen molar-refractivity contribution in [3.63, 3.8) is 0 Å². The first-order valence-electron chi connectivity index (χ1n) is 6.22. The Morgan fingerprint density at radius 3 is 1.44 bits per heavy atom. The van der Waals surface area contributed by atoms with Gasteiger partial charge in [-0.3, -0.25) is 30.3 Å². The highest BCUT2D eigenvalue weighted by atomic mass is 127. The van der Waals surface area contributed by atoms with Gasteiger partial charge >= 0.3 is 0 Å². The minimum absolute atomic E-state index is 0.0544. The van der Waals surface area contributed by atoms with E-state index in [1.807, 2.05) is 22.6 Å². The quantitative estimate of drug-likeness (QED) is 0.302. The second kappa shape index (κ2) is 9.40. The lowest BCUT2D eigenvalue weighted by Gasteiger charge is -1.99. The summed E-state index contributed by atoms with van der Waals surface area (Å²) in [5, 5.41) is 31.0. The van der Waals surface area contributed by atoms with Crippen LogP contribution in [-0.4, -0.2) is 21.9 Å². The average Bonchev–Trinajstić information content (AvgIpc) is 2.54. The van der Waals surface area contributed by atoms with E-state index < -0.39 is 14.8 Å². The van der Waals surface area contributed by atoms with Gasteiger partial charge < -0.3 is 4.74 Å². The molecule has 0 bridgehead atoms. The molecule has 0 saturated heterocycles. The Balaban J connectivity index is 0.000000251. The van der Waals surface area contributed by atoms with Crippen molar-refractivity contribution in [3.05, 3.63) is 73.9 Å². The average molecular weight is 573 g/mol. The second-order valence-corrected chi connectivity index (χ2v) is 6.78. The standard InChI is InChI=1S/C7H6INO3.C6H3IN2O4/c1-12-7-3-5(8)2-6(4-7)9(10)11;7-4-1-5(8(10)11)3-6(2-4)9(12)13/h2-4H,1H3;1-3H. The summed E-state index contributed by atoms with van der Waals surface area (Å²) in [6, 6.07) is 8.09. The van der Waals surface area contributed by atoms with Crippen molar-refractivity contribution in [2.24, 2.45) is 0 Å². The highest BCUT2D eigenvalue weighted by molar-refractivity contribution is 14.1. The lowest BCUT2D eigenvalue weighted by molar-refractivity contribution is -0.394. The van der Waals surface area contributed by atoms with Crippen LogP contribution in [0.5, 0.6) is 5.75 Å². The van der Waals surface area contributed by atoms with Crippen LogP contribution in [0.4, 0.5) is 17.1 Å². The summed E-state index contributed by atoms with van der Waals surface area (Å²) in [5.41, 5.74) is -0.476. The number of nitrogens with zero attached hydrogens (tertiary/aromatic N) is 3. The van der Waals surface area contributed by atoms with E-state index in [0.717, 1.165) is 9.64 Å². The summed E-state index contributed by atoms with van der Waals surface area (Å²) in [5.74, 6) is 0.508. The van der Waals surface area contributed by atoms with Crippen LogP contribution >= 0.6 is 45.2 Å². The van der Waals surface area contributed by atoms with Crippen molar-refractivity contribution < 1.29 is 19.5 Å². The van der Waals surface area contributed by atoms with E-state index in [0.29, 0.717) is 9.32 Å². The van der Waals surface area contributed by atoms with Crippen molar-refractivity contribution in [1.29, 1.82) is 0 Å². The zero-order valence-electron chi connectivity index (χ0n) is 12.4. The molecule has 0 unspecified atom stereocenters. The van der Waals surface area contributed by atoms with Gasteiger partial charge in [-0.2, -0.15) is 0 Å². The van der Waals surface area contributed by atoms with Gasteiger partial charge in [0.1, 0.15) is 5.75 Å². The summed E-state index contributed by atoms with van der Waals surface area (Å²) in [4.78, 5) is 29.2. The molecule has 0 saturated carbocycles. The van der Waals surface area contributed by atoms with Crippen LogP contribution in [0.2, 0.25) is 0 Å². The molecule has 10 nitrogen and oxygen atoms in total. The van der Waals surface area contributed by atoms with Crippen LogP contribution in [0.1, 0.15) is 0 Å². The molecular weight excluding hydrogens is 564 g/mol. The second-order valence-electron chi connectivity index (χ2n) is 4.29. The number of nitro groups is 3. The van der Waals surface area contributed by atoms with Crippen LogP contribution in [0.15, 0.2) is 36.4 Å². The molecule has 2 rings (SSSR count). The molecular formula is C13H9I2N3O7. The molecule has 12 heteroatoms. The number of ether oxygens (including phenoxy) is 1. The Labute approximate surface area is 167 Å². The predicted molar refractivity (Wildman–Crippen MR) is 105 cm³/mol. The summed E-state index contributed by atoms with van der Waals surface area (Å²) < 4.78 is 6.14. The van der Waals surface area contributed by atoms with Crippen LogP contribution in [-0.2, 0) is 0 Å². The van der Waals surface area contributed by atoms with Gasteiger partial charge in [0.2, 0.25) is 0 Å². The number of nitro benzene ring substituents is 3. The molecule has 0 radical (unpaired) electrons. The first kappa shape index (κ1) is 20.9. The zero-order chi connectivity index (χ0) is 19.1. The number of rotatable bonds is 4. The SMILES string of the molecule is COc1cc(I)cc([N+](=O)[O-])c1.O=[N+]([O-])c1cc(I)cc([N+](=O)[O-])c1. The lowest BCUT2D eigenvalue weighted by atomic mass is 10.3. The summed E-state index contributed by atoms with van der Waals surface area (Å²) in [6.07, 6.45) is 0. The Bertz CT molecular complexity index is 797. The molecule has 0 aliphatic carbocycles. The maximum Gasteiger partial charge on any atom is 0.277 e. The molecule has 0 fully saturated rings. The molecule has 25 heavy (non-hydrogen) atoms. The largest absolute Gasteiger partial charge is 0.496 e. The molecule has 132 valence electrons. The van der Waals surface area contributed by atoms with Crippen LogP contribution < -0.4 is 4.74 Å². The Morgan fingerprint density at radius 2 is 1.08 bits per heavy atom. The highest BCUT2D eigenvalue weighted by Gasteiger charge is 2.14. The summed E-state index contributed by atoms with van der Waals surface area (Å²) >= 11 is 3.79. The van der Waals surface area contributed by atoms with Crippen LogP contribution in [0.25, 0.3) is 0 Å². The third-order valence-electron chi connectivity index (χ3n) is 2.59. The van der Waals surface area contributed by atoms with E-state index >= 15 is 0 Å². The minimum atomic E-state index is -0.658. The number of non-ortho nitro benzene ring substituents is 3. The van der Waals surface area contributed by atoms with Crippen molar-refractivity contribution in [1.82, 2.24) is 0 Å². The van der Waals surface area contributed by atoms with Crippen LogP contribution in [0, 0.1) is 37.5 Å². The molecule has 0 amide bonds. The molecule has 0 atom stereocenters. The molecule has 0 aliphatic heterocycles. The molecule has 0 aromatic heterocycles. The lowest BCUT2D eigenvalue weighted by Crippen LogP contribution is -1.93. The van der Waals surface area contributed by atoms with Crippen molar-refractivity contribution in [3.8, 4) is 5.75 Å². The molecule has 0 N–H and O–H groups in total. The monoisotopic (exact) mass is 573 g/mol. The smallest absolute Gasteiger partial charge is 0.277 e. The van der Waals surface area contributed by atoms with E-state index in [1.54, 1.807) is 28.7 Å². The van der Waals surface area contributed by atoms with E-state index in [9.17, 15) is 30.3 Å². The van der Waals surface area contributed by atoms with Crippen molar-refractivity contribution in [2.45, 2.75) is 0 Å². The van der Waals surface area contributed by atoms with Gasteiger partial charge in [-0.25, -0.2) is 0 Å². The van der Waals surface area contributed by atoms with Gasteiger partial charge in [0.15, 0.2) is 0 Å². The molecule has 0 spiro atoms. The van der Waals surface area contributed by atoms with E-state index in [2.05, 4.69) is 0 Å². The first-order chi connectivity index (χ1) is 11.6. The Morgan fingerprint density at radius 1 is 0.720 bits per heavy atom. The molecule has 2 aromatic carbocycles. The molecule has 2 aromatic rings. The number of methoxy groups -OCH3 is 1. The number of hydrogen-bond acceptors (Lipinski definition) is 7. The van der Waals surface area contributed by atoms with Gasteiger partial charge in [-0.15, -0.1) is 0 Å². The van der Waals surface area contributed by atoms with Crippen LogP contribution in [0.3, 0.4) is 0 Å².